The van der Waals surface area contributed by atoms with E-state index in [1.54, 1.807) is 14.2 Å². The van der Waals surface area contributed by atoms with Gasteiger partial charge in [-0.05, 0) is 38.6 Å². The lowest BCUT2D eigenvalue weighted by Crippen LogP contribution is -2.25. The van der Waals surface area contributed by atoms with E-state index in [2.05, 4.69) is 5.32 Å². The van der Waals surface area contributed by atoms with Crippen molar-refractivity contribution in [3.63, 3.8) is 0 Å². The maximum atomic E-state index is 6.27. The largest absolute Gasteiger partial charge is 0.493 e. The molecular weight excluding hydrogens is 278 g/mol. The monoisotopic (exact) mass is 301 g/mol. The highest BCUT2D eigenvalue weighted by atomic mass is 35.5. The molecule has 0 unspecified atom stereocenters. The summed E-state index contributed by atoms with van der Waals surface area (Å²) in [4.78, 5) is 0. The van der Waals surface area contributed by atoms with Gasteiger partial charge in [0.25, 0.3) is 0 Å². The van der Waals surface area contributed by atoms with E-state index in [0.29, 0.717) is 23.1 Å². The second-order valence-corrected chi connectivity index (χ2v) is 5.61. The lowest BCUT2D eigenvalue weighted by atomic mass is 10.1. The standard InChI is InChI=1S/C15H24ClNO3/c1-15(2,19-5)6-7-20-14-12(16)8-11(10-17-3)9-13(14)18-4/h8-9,17H,6-7,10H2,1-5H3. The molecule has 1 aromatic rings. The summed E-state index contributed by atoms with van der Waals surface area (Å²) >= 11 is 6.27. The van der Waals surface area contributed by atoms with E-state index in [-0.39, 0.29) is 5.60 Å². The molecule has 0 atom stereocenters. The Morgan fingerprint density at radius 3 is 2.50 bits per heavy atom. The molecule has 1 rings (SSSR count). The molecule has 5 heteroatoms. The van der Waals surface area contributed by atoms with Crippen LogP contribution >= 0.6 is 11.6 Å². The average Bonchev–Trinajstić information content (AvgIpc) is 2.41. The SMILES string of the molecule is CNCc1cc(Cl)c(OCCC(C)(C)OC)c(OC)c1. The van der Waals surface area contributed by atoms with Crippen molar-refractivity contribution in [3.8, 4) is 11.5 Å². The summed E-state index contributed by atoms with van der Waals surface area (Å²) in [5.41, 5.74) is 0.838. The Balaban J connectivity index is 2.79. The van der Waals surface area contributed by atoms with E-state index in [0.717, 1.165) is 18.5 Å². The van der Waals surface area contributed by atoms with Gasteiger partial charge in [-0.15, -0.1) is 0 Å². The van der Waals surface area contributed by atoms with Crippen molar-refractivity contribution in [1.29, 1.82) is 0 Å². The quantitative estimate of drug-likeness (QED) is 0.800. The smallest absolute Gasteiger partial charge is 0.179 e. The summed E-state index contributed by atoms with van der Waals surface area (Å²) in [6.07, 6.45) is 0.765. The fraction of sp³-hybridized carbons (Fsp3) is 0.600. The Hall–Kier alpha value is -0.970. The predicted molar refractivity (Wildman–Crippen MR) is 82.0 cm³/mol. The molecule has 0 aliphatic rings. The van der Waals surface area contributed by atoms with Gasteiger partial charge in [-0.3, -0.25) is 0 Å². The molecule has 0 aliphatic carbocycles. The van der Waals surface area contributed by atoms with E-state index in [1.807, 2.05) is 33.0 Å². The van der Waals surface area contributed by atoms with E-state index in [4.69, 9.17) is 25.8 Å². The van der Waals surface area contributed by atoms with Crippen LogP contribution in [-0.2, 0) is 11.3 Å². The minimum Gasteiger partial charge on any atom is -0.493 e. The number of methoxy groups -OCH3 is 2. The van der Waals surface area contributed by atoms with Crippen LogP contribution < -0.4 is 14.8 Å². The molecule has 114 valence electrons. The average molecular weight is 302 g/mol. The Morgan fingerprint density at radius 2 is 1.95 bits per heavy atom. The fourth-order valence-corrected chi connectivity index (χ4v) is 2.01. The van der Waals surface area contributed by atoms with Crippen molar-refractivity contribution in [2.75, 3.05) is 27.9 Å². The van der Waals surface area contributed by atoms with Crippen LogP contribution in [0.1, 0.15) is 25.8 Å². The Labute approximate surface area is 126 Å². The predicted octanol–water partition coefficient (Wildman–Crippen LogP) is 3.26. The molecule has 0 saturated heterocycles. The molecular formula is C15H24ClNO3. The van der Waals surface area contributed by atoms with Gasteiger partial charge < -0.3 is 19.5 Å². The maximum Gasteiger partial charge on any atom is 0.179 e. The second-order valence-electron chi connectivity index (χ2n) is 5.20. The third-order valence-electron chi connectivity index (χ3n) is 3.17. The van der Waals surface area contributed by atoms with Crippen LogP contribution in [0.15, 0.2) is 12.1 Å². The number of nitrogens with one attached hydrogen (secondary N) is 1. The Morgan fingerprint density at radius 1 is 1.25 bits per heavy atom. The van der Waals surface area contributed by atoms with Gasteiger partial charge in [0.2, 0.25) is 0 Å². The molecule has 1 N–H and O–H groups in total. The Kier molecular flexibility index (Phi) is 6.59. The van der Waals surface area contributed by atoms with E-state index < -0.39 is 0 Å². The fourth-order valence-electron chi connectivity index (χ4n) is 1.72. The van der Waals surface area contributed by atoms with Crippen molar-refractivity contribution in [2.45, 2.75) is 32.4 Å². The number of benzene rings is 1. The van der Waals surface area contributed by atoms with Crippen molar-refractivity contribution in [2.24, 2.45) is 0 Å². The molecule has 0 amide bonds. The zero-order valence-corrected chi connectivity index (χ0v) is 13.6. The van der Waals surface area contributed by atoms with Gasteiger partial charge >= 0.3 is 0 Å². The van der Waals surface area contributed by atoms with Crippen LogP contribution in [0, 0.1) is 0 Å². The first-order chi connectivity index (χ1) is 9.43. The summed E-state index contributed by atoms with van der Waals surface area (Å²) in [6.45, 7) is 5.28. The van der Waals surface area contributed by atoms with Crippen LogP contribution in [0.3, 0.4) is 0 Å². The summed E-state index contributed by atoms with van der Waals surface area (Å²) in [5.74, 6) is 1.24. The van der Waals surface area contributed by atoms with Gasteiger partial charge in [-0.25, -0.2) is 0 Å². The molecule has 0 radical (unpaired) electrons. The molecule has 1 aromatic carbocycles. The minimum atomic E-state index is -0.216. The zero-order chi connectivity index (χ0) is 15.2. The zero-order valence-electron chi connectivity index (χ0n) is 12.9. The molecule has 0 aromatic heterocycles. The lowest BCUT2D eigenvalue weighted by molar-refractivity contribution is 0.00525. The van der Waals surface area contributed by atoms with Crippen LogP contribution in [-0.4, -0.2) is 33.5 Å². The van der Waals surface area contributed by atoms with Crippen molar-refractivity contribution < 1.29 is 14.2 Å². The van der Waals surface area contributed by atoms with Gasteiger partial charge in [0.15, 0.2) is 11.5 Å². The maximum absolute atomic E-state index is 6.27. The van der Waals surface area contributed by atoms with Crippen LogP contribution in [0.4, 0.5) is 0 Å². The molecule has 0 spiro atoms. The number of hydrogen-bond donors (Lipinski definition) is 1. The first kappa shape index (κ1) is 17.1. The van der Waals surface area contributed by atoms with Crippen molar-refractivity contribution >= 4 is 11.6 Å². The van der Waals surface area contributed by atoms with E-state index in [1.165, 1.54) is 0 Å². The molecule has 4 nitrogen and oxygen atoms in total. The number of ether oxygens (including phenoxy) is 3. The molecule has 0 heterocycles. The molecule has 20 heavy (non-hydrogen) atoms. The van der Waals surface area contributed by atoms with Gasteiger partial charge in [0.1, 0.15) is 0 Å². The summed E-state index contributed by atoms with van der Waals surface area (Å²) in [6, 6.07) is 3.82. The summed E-state index contributed by atoms with van der Waals surface area (Å²) < 4.78 is 16.5. The number of halogens is 1. The number of hydrogen-bond acceptors (Lipinski definition) is 4. The highest BCUT2D eigenvalue weighted by Gasteiger charge is 2.18. The van der Waals surface area contributed by atoms with Crippen molar-refractivity contribution in [1.82, 2.24) is 5.32 Å². The van der Waals surface area contributed by atoms with Crippen LogP contribution in [0.25, 0.3) is 0 Å². The highest BCUT2D eigenvalue weighted by molar-refractivity contribution is 6.32. The number of rotatable bonds is 8. The van der Waals surface area contributed by atoms with Crippen LogP contribution in [0.5, 0.6) is 11.5 Å². The third-order valence-corrected chi connectivity index (χ3v) is 3.45. The van der Waals surface area contributed by atoms with Gasteiger partial charge in [-0.1, -0.05) is 11.6 Å². The second kappa shape index (κ2) is 7.72. The third kappa shape index (κ3) is 4.85. The van der Waals surface area contributed by atoms with Gasteiger partial charge in [0.05, 0.1) is 24.3 Å². The topological polar surface area (TPSA) is 39.7 Å². The van der Waals surface area contributed by atoms with E-state index in [9.17, 15) is 0 Å². The van der Waals surface area contributed by atoms with Crippen molar-refractivity contribution in [3.05, 3.63) is 22.7 Å². The molecule has 0 saturated carbocycles. The Bertz CT molecular complexity index is 435. The summed E-state index contributed by atoms with van der Waals surface area (Å²) in [7, 11) is 5.19. The molecule has 0 bridgehead atoms. The van der Waals surface area contributed by atoms with Crippen LogP contribution in [0.2, 0.25) is 5.02 Å². The van der Waals surface area contributed by atoms with E-state index >= 15 is 0 Å². The lowest BCUT2D eigenvalue weighted by Gasteiger charge is -2.23. The normalized spacial score (nSPS) is 11.5. The van der Waals surface area contributed by atoms with Gasteiger partial charge in [0, 0.05) is 20.1 Å². The minimum absolute atomic E-state index is 0.216. The summed E-state index contributed by atoms with van der Waals surface area (Å²) in [5, 5.41) is 3.64. The first-order valence-corrected chi connectivity index (χ1v) is 7.00. The highest BCUT2D eigenvalue weighted by Crippen LogP contribution is 2.36. The first-order valence-electron chi connectivity index (χ1n) is 6.62. The molecule has 0 aliphatic heterocycles. The van der Waals surface area contributed by atoms with Gasteiger partial charge in [-0.2, -0.15) is 0 Å². The molecule has 0 fully saturated rings.